The molecule has 0 spiro atoms. The molecule has 2 amide bonds. The van der Waals surface area contributed by atoms with Gasteiger partial charge in [0.25, 0.3) is 11.8 Å². The second kappa shape index (κ2) is 12.7. The summed E-state index contributed by atoms with van der Waals surface area (Å²) >= 11 is 12.0. The van der Waals surface area contributed by atoms with Crippen LogP contribution in [0.1, 0.15) is 40.9 Å². The van der Waals surface area contributed by atoms with E-state index in [2.05, 4.69) is 21.9 Å². The molecule has 0 aliphatic carbocycles. The Hall–Kier alpha value is -3.86. The number of halogens is 2. The fourth-order valence-corrected chi connectivity index (χ4v) is 3.49. The Kier molecular flexibility index (Phi) is 9.46. The number of hydrogen-bond acceptors (Lipinski definition) is 5. The van der Waals surface area contributed by atoms with Crippen LogP contribution in [-0.4, -0.2) is 24.1 Å². The predicted molar refractivity (Wildman–Crippen MR) is 140 cm³/mol. The molecule has 9 heteroatoms. The molecule has 1 atom stereocenters. The van der Waals surface area contributed by atoms with E-state index in [1.807, 2.05) is 26.0 Å². The van der Waals surface area contributed by atoms with E-state index < -0.39 is 17.9 Å². The molecule has 184 valence electrons. The molecule has 0 fully saturated rings. The van der Waals surface area contributed by atoms with Gasteiger partial charge in [-0.1, -0.05) is 49.2 Å². The predicted octanol–water partition coefficient (Wildman–Crippen LogP) is 5.35. The number of rotatable bonds is 9. The van der Waals surface area contributed by atoms with Gasteiger partial charge in [0.05, 0.1) is 17.8 Å². The molecule has 2 N–H and O–H groups in total. The van der Waals surface area contributed by atoms with Crippen molar-refractivity contribution in [2.24, 2.45) is 11.0 Å². The summed E-state index contributed by atoms with van der Waals surface area (Å²) < 4.78 is 5.89. The zero-order valence-corrected chi connectivity index (χ0v) is 21.2. The van der Waals surface area contributed by atoms with Gasteiger partial charge in [0.15, 0.2) is 0 Å². The summed E-state index contributed by atoms with van der Waals surface area (Å²) in [6.07, 6.45) is 1.43. The van der Waals surface area contributed by atoms with E-state index in [9.17, 15) is 9.59 Å². The van der Waals surface area contributed by atoms with Gasteiger partial charge in [-0.15, -0.1) is 0 Å². The van der Waals surface area contributed by atoms with Gasteiger partial charge in [-0.05, 0) is 66.1 Å². The van der Waals surface area contributed by atoms with Crippen molar-refractivity contribution in [2.45, 2.75) is 26.5 Å². The van der Waals surface area contributed by atoms with Gasteiger partial charge < -0.3 is 10.1 Å². The van der Waals surface area contributed by atoms with Crippen LogP contribution in [0, 0.1) is 17.2 Å². The molecule has 0 aliphatic rings. The molecule has 3 aromatic rings. The Labute approximate surface area is 219 Å². The second-order valence-electron chi connectivity index (χ2n) is 8.22. The summed E-state index contributed by atoms with van der Waals surface area (Å²) in [5.74, 6) is -0.532. The Bertz CT molecular complexity index is 1280. The third-order valence-corrected chi connectivity index (χ3v) is 5.66. The molecule has 0 saturated carbocycles. The van der Waals surface area contributed by atoms with Crippen LogP contribution in [-0.2, 0) is 11.4 Å². The van der Waals surface area contributed by atoms with E-state index in [1.165, 1.54) is 6.21 Å². The van der Waals surface area contributed by atoms with Gasteiger partial charge in [-0.25, -0.2) is 5.43 Å². The van der Waals surface area contributed by atoms with Crippen molar-refractivity contribution in [3.8, 4) is 11.8 Å². The van der Waals surface area contributed by atoms with Crippen molar-refractivity contribution < 1.29 is 14.3 Å². The summed E-state index contributed by atoms with van der Waals surface area (Å²) in [6.45, 7) is 3.91. The van der Waals surface area contributed by atoms with E-state index in [4.69, 9.17) is 33.2 Å². The number of carbonyl (C=O) groups excluding carboxylic acids is 2. The lowest BCUT2D eigenvalue weighted by Gasteiger charge is -2.20. The quantitative estimate of drug-likeness (QED) is 0.292. The minimum Gasteiger partial charge on any atom is -0.488 e. The first-order valence-electron chi connectivity index (χ1n) is 11.1. The first-order chi connectivity index (χ1) is 17.3. The average molecular weight is 523 g/mol. The Balaban J connectivity index is 1.65. The number of amides is 2. The Morgan fingerprint density at radius 3 is 2.33 bits per heavy atom. The van der Waals surface area contributed by atoms with Gasteiger partial charge >= 0.3 is 0 Å². The highest BCUT2D eigenvalue weighted by Gasteiger charge is 2.24. The van der Waals surface area contributed by atoms with E-state index in [1.54, 1.807) is 54.6 Å². The molecule has 0 radical (unpaired) electrons. The number of nitrogens with zero attached hydrogens (tertiary/aromatic N) is 2. The lowest BCUT2D eigenvalue weighted by Crippen LogP contribution is -2.48. The number of hydrazone groups is 1. The molecule has 1 unspecified atom stereocenters. The second-order valence-corrected chi connectivity index (χ2v) is 9.09. The highest BCUT2D eigenvalue weighted by Crippen LogP contribution is 2.22. The van der Waals surface area contributed by atoms with Crippen molar-refractivity contribution >= 4 is 41.2 Å². The molecule has 36 heavy (non-hydrogen) atoms. The monoisotopic (exact) mass is 522 g/mol. The van der Waals surface area contributed by atoms with Crippen molar-refractivity contribution in [1.82, 2.24) is 10.7 Å². The largest absolute Gasteiger partial charge is 0.488 e. The summed E-state index contributed by atoms with van der Waals surface area (Å²) in [7, 11) is 0. The molecule has 7 nitrogen and oxygen atoms in total. The van der Waals surface area contributed by atoms with Crippen LogP contribution in [0.15, 0.2) is 71.8 Å². The number of benzene rings is 3. The van der Waals surface area contributed by atoms with Crippen LogP contribution in [0.3, 0.4) is 0 Å². The van der Waals surface area contributed by atoms with Crippen LogP contribution in [0.25, 0.3) is 0 Å². The normalized spacial score (nSPS) is 11.7. The third kappa shape index (κ3) is 7.57. The molecule has 3 rings (SSSR count). The van der Waals surface area contributed by atoms with Crippen molar-refractivity contribution in [3.63, 3.8) is 0 Å². The number of hydrogen-bond donors (Lipinski definition) is 2. The first-order valence-corrected chi connectivity index (χ1v) is 11.8. The topological polar surface area (TPSA) is 104 Å². The minimum absolute atomic E-state index is 0.186. The maximum absolute atomic E-state index is 12.8. The van der Waals surface area contributed by atoms with Crippen LogP contribution in [0.2, 0.25) is 10.0 Å². The van der Waals surface area contributed by atoms with E-state index >= 15 is 0 Å². The van der Waals surface area contributed by atoms with E-state index in [0.717, 1.165) is 5.56 Å². The van der Waals surface area contributed by atoms with Crippen molar-refractivity contribution in [2.75, 3.05) is 0 Å². The number of carbonyl (C=O) groups is 2. The summed E-state index contributed by atoms with van der Waals surface area (Å²) in [5.41, 5.74) is 4.88. The molecule has 3 aromatic carbocycles. The van der Waals surface area contributed by atoms with Gasteiger partial charge in [0.1, 0.15) is 18.4 Å². The highest BCUT2D eigenvalue weighted by atomic mass is 35.5. The molecule has 0 aromatic heterocycles. The van der Waals surface area contributed by atoms with Crippen molar-refractivity contribution in [1.29, 1.82) is 5.26 Å². The molecule has 0 aliphatic heterocycles. The number of nitriles is 1. The first kappa shape index (κ1) is 26.7. The maximum atomic E-state index is 12.8. The van der Waals surface area contributed by atoms with Gasteiger partial charge in [0, 0.05) is 21.2 Å². The molecule has 0 bridgehead atoms. The summed E-state index contributed by atoms with van der Waals surface area (Å²) in [5, 5.41) is 16.7. The van der Waals surface area contributed by atoms with Gasteiger partial charge in [0.2, 0.25) is 0 Å². The zero-order valence-electron chi connectivity index (χ0n) is 19.7. The van der Waals surface area contributed by atoms with E-state index in [-0.39, 0.29) is 12.5 Å². The SMILES string of the molecule is CC(C)C(NC(=O)c1ccc(Cl)cc1)C(=O)N/N=C/c1cc(Cl)ccc1OCc1ccc(C#N)cc1. The zero-order chi connectivity index (χ0) is 26.1. The lowest BCUT2D eigenvalue weighted by atomic mass is 10.0. The van der Waals surface area contributed by atoms with Crippen LogP contribution in [0.4, 0.5) is 0 Å². The number of nitrogens with one attached hydrogen (secondary N) is 2. The number of ether oxygens (including phenoxy) is 1. The fourth-order valence-electron chi connectivity index (χ4n) is 3.18. The standard InChI is InChI=1S/C27H24Cl2N4O3/c1-17(2)25(32-26(34)20-7-9-22(28)10-8-20)27(35)33-31-15-21-13-23(29)11-12-24(21)36-16-19-5-3-18(14-30)4-6-19/h3-13,15,17,25H,16H2,1-2H3,(H,32,34)(H,33,35)/b31-15+. The molecular weight excluding hydrogens is 499 g/mol. The summed E-state index contributed by atoms with van der Waals surface area (Å²) in [6, 6.07) is 19.8. The fraction of sp³-hybridized carbons (Fsp3) is 0.185. The minimum atomic E-state index is -0.809. The van der Waals surface area contributed by atoms with Crippen LogP contribution in [0.5, 0.6) is 5.75 Å². The van der Waals surface area contributed by atoms with Gasteiger partial charge in [-0.3, -0.25) is 9.59 Å². The van der Waals surface area contributed by atoms with Gasteiger partial charge in [-0.2, -0.15) is 10.4 Å². The van der Waals surface area contributed by atoms with Crippen molar-refractivity contribution in [3.05, 3.63) is 99.0 Å². The third-order valence-electron chi connectivity index (χ3n) is 5.17. The summed E-state index contributed by atoms with van der Waals surface area (Å²) in [4.78, 5) is 25.3. The molecule has 0 heterocycles. The Morgan fingerprint density at radius 1 is 1.03 bits per heavy atom. The van der Waals surface area contributed by atoms with Crippen LogP contribution < -0.4 is 15.5 Å². The molecule has 0 saturated heterocycles. The van der Waals surface area contributed by atoms with E-state index in [0.29, 0.717) is 32.5 Å². The Morgan fingerprint density at radius 2 is 1.69 bits per heavy atom. The smallest absolute Gasteiger partial charge is 0.262 e. The molecular formula is C27H24Cl2N4O3. The average Bonchev–Trinajstić information content (AvgIpc) is 2.87. The lowest BCUT2D eigenvalue weighted by molar-refractivity contribution is -0.123. The highest BCUT2D eigenvalue weighted by molar-refractivity contribution is 6.31. The van der Waals surface area contributed by atoms with Crippen LogP contribution >= 0.6 is 23.2 Å². The maximum Gasteiger partial charge on any atom is 0.262 e.